The van der Waals surface area contributed by atoms with Gasteiger partial charge in [0, 0.05) is 24.2 Å². The second kappa shape index (κ2) is 7.56. The Morgan fingerprint density at radius 2 is 2.04 bits per heavy atom. The molecule has 0 unspecified atom stereocenters. The number of β-amino-alcohol motifs (C(OH)–C–C–N with tert-alkyl or cyclic N) is 1. The number of hydrogen-bond donors (Lipinski definition) is 3. The summed E-state index contributed by atoms with van der Waals surface area (Å²) >= 11 is 0. The van der Waals surface area contributed by atoms with Crippen LogP contribution in [-0.4, -0.2) is 43.1 Å². The Hall–Kier alpha value is -2.98. The van der Waals surface area contributed by atoms with Gasteiger partial charge >= 0.3 is 0 Å². The number of anilines is 1. The topological polar surface area (TPSA) is 129 Å². The zero-order valence-corrected chi connectivity index (χ0v) is 14.8. The SMILES string of the molecule is [O-]N(O)c1cccc(-c2noc([C@@H]3C[C@@H](O)CN3Cc3ccccc3O)n2)c1. The van der Waals surface area contributed by atoms with E-state index in [2.05, 4.69) is 10.1 Å². The first-order valence-electron chi connectivity index (χ1n) is 8.80. The van der Waals surface area contributed by atoms with Crippen LogP contribution in [0.5, 0.6) is 5.75 Å². The summed E-state index contributed by atoms with van der Waals surface area (Å²) in [5.74, 6) is 0.815. The van der Waals surface area contributed by atoms with Crippen LogP contribution in [0.25, 0.3) is 11.4 Å². The first-order valence-corrected chi connectivity index (χ1v) is 8.80. The highest BCUT2D eigenvalue weighted by molar-refractivity contribution is 5.62. The van der Waals surface area contributed by atoms with Crippen LogP contribution in [0.3, 0.4) is 0 Å². The summed E-state index contributed by atoms with van der Waals surface area (Å²) in [6.07, 6.45) is -0.113. The zero-order valence-electron chi connectivity index (χ0n) is 14.8. The van der Waals surface area contributed by atoms with Gasteiger partial charge in [0.15, 0.2) is 0 Å². The molecule has 9 heteroatoms. The van der Waals surface area contributed by atoms with E-state index in [0.717, 1.165) is 5.56 Å². The van der Waals surface area contributed by atoms with E-state index in [0.29, 0.717) is 31.0 Å². The number of aliphatic hydroxyl groups excluding tert-OH is 1. The summed E-state index contributed by atoms with van der Waals surface area (Å²) in [6, 6.07) is 13.0. The minimum Gasteiger partial charge on any atom is -0.733 e. The average Bonchev–Trinajstić information content (AvgIpc) is 3.30. The summed E-state index contributed by atoms with van der Waals surface area (Å²) in [6.45, 7) is 0.846. The highest BCUT2D eigenvalue weighted by Crippen LogP contribution is 2.35. The lowest BCUT2D eigenvalue weighted by Gasteiger charge is -2.21. The molecule has 0 bridgehead atoms. The molecule has 2 heterocycles. The third-order valence-corrected chi connectivity index (χ3v) is 4.80. The monoisotopic (exact) mass is 383 g/mol. The van der Waals surface area contributed by atoms with Gasteiger partial charge in [-0.1, -0.05) is 35.5 Å². The van der Waals surface area contributed by atoms with Crippen molar-refractivity contribution in [3.63, 3.8) is 0 Å². The average molecular weight is 383 g/mol. The molecular weight excluding hydrogens is 364 g/mol. The van der Waals surface area contributed by atoms with Gasteiger partial charge in [-0.3, -0.25) is 10.1 Å². The van der Waals surface area contributed by atoms with Gasteiger partial charge in [-0.25, -0.2) is 0 Å². The fraction of sp³-hybridized carbons (Fsp3) is 0.263. The van der Waals surface area contributed by atoms with E-state index in [1.165, 1.54) is 12.1 Å². The molecule has 0 amide bonds. The minimum atomic E-state index is -0.544. The zero-order chi connectivity index (χ0) is 19.7. The molecule has 0 saturated carbocycles. The number of phenols is 1. The number of benzene rings is 2. The molecule has 1 fully saturated rings. The summed E-state index contributed by atoms with van der Waals surface area (Å²) < 4.78 is 5.42. The number of rotatable bonds is 5. The number of likely N-dealkylation sites (tertiary alicyclic amines) is 1. The normalized spacial score (nSPS) is 19.8. The van der Waals surface area contributed by atoms with Crippen molar-refractivity contribution in [1.82, 2.24) is 15.0 Å². The van der Waals surface area contributed by atoms with Gasteiger partial charge in [-0.2, -0.15) is 4.98 Å². The first-order chi connectivity index (χ1) is 13.5. The molecular formula is C19H19N4O5-. The number of nitrogens with zero attached hydrogens (tertiary/aromatic N) is 4. The number of aromatic nitrogens is 2. The van der Waals surface area contributed by atoms with Crippen LogP contribution < -0.4 is 5.23 Å². The van der Waals surface area contributed by atoms with Gasteiger partial charge in [0.05, 0.1) is 17.8 Å². The molecule has 0 aliphatic carbocycles. The smallest absolute Gasteiger partial charge is 0.244 e. The van der Waals surface area contributed by atoms with Gasteiger partial charge in [-0.05, 0) is 24.6 Å². The largest absolute Gasteiger partial charge is 0.733 e. The molecule has 2 aromatic carbocycles. The van der Waals surface area contributed by atoms with Crippen LogP contribution >= 0.6 is 0 Å². The Morgan fingerprint density at radius 1 is 1.21 bits per heavy atom. The lowest BCUT2D eigenvalue weighted by Crippen LogP contribution is -2.24. The van der Waals surface area contributed by atoms with Crippen LogP contribution in [0.2, 0.25) is 0 Å². The fourth-order valence-corrected chi connectivity index (χ4v) is 3.43. The first kappa shape index (κ1) is 18.4. The second-order valence-corrected chi connectivity index (χ2v) is 6.74. The Kier molecular flexibility index (Phi) is 4.97. The van der Waals surface area contributed by atoms with Gasteiger partial charge < -0.3 is 25.2 Å². The van der Waals surface area contributed by atoms with E-state index in [4.69, 9.17) is 9.73 Å². The molecule has 0 radical (unpaired) electrons. The van der Waals surface area contributed by atoms with Crippen molar-refractivity contribution in [3.05, 3.63) is 65.2 Å². The number of aliphatic hydroxyl groups is 1. The van der Waals surface area contributed by atoms with Crippen LogP contribution in [0.15, 0.2) is 53.1 Å². The standard InChI is InChI=1S/C19H19N4O5/c24-15-9-16(22(11-15)10-13-4-1-2-7-17(13)25)19-20-18(21-28-19)12-5-3-6-14(8-12)23(26)27/h1-8,15-16,24-26H,9-11H2/q-1/t15-,16+/m1/s1. The molecule has 28 heavy (non-hydrogen) atoms. The molecule has 2 atom stereocenters. The van der Waals surface area contributed by atoms with Gasteiger partial charge in [0.25, 0.3) is 0 Å². The third kappa shape index (κ3) is 3.69. The molecule has 4 rings (SSSR count). The lowest BCUT2D eigenvalue weighted by atomic mass is 10.1. The highest BCUT2D eigenvalue weighted by atomic mass is 16.8. The molecule has 3 N–H and O–H groups in total. The summed E-state index contributed by atoms with van der Waals surface area (Å²) in [7, 11) is 0. The van der Waals surface area contributed by atoms with Crippen molar-refractivity contribution in [3.8, 4) is 17.1 Å². The maximum absolute atomic E-state index is 11.1. The van der Waals surface area contributed by atoms with Gasteiger partial charge in [0.2, 0.25) is 11.7 Å². The fourth-order valence-electron chi connectivity index (χ4n) is 3.43. The lowest BCUT2D eigenvalue weighted by molar-refractivity contribution is 0.168. The maximum Gasteiger partial charge on any atom is 0.244 e. The quantitative estimate of drug-likeness (QED) is 0.569. The number of para-hydroxylation sites is 1. The summed E-state index contributed by atoms with van der Waals surface area (Å²) in [4.78, 5) is 6.39. The van der Waals surface area contributed by atoms with Crippen LogP contribution in [0.4, 0.5) is 5.69 Å². The van der Waals surface area contributed by atoms with Crippen molar-refractivity contribution < 1.29 is 19.9 Å². The van der Waals surface area contributed by atoms with E-state index < -0.39 is 6.10 Å². The molecule has 1 aromatic heterocycles. The van der Waals surface area contributed by atoms with E-state index in [9.17, 15) is 15.4 Å². The molecule has 146 valence electrons. The molecule has 1 aliphatic rings. The Bertz CT molecular complexity index is 961. The van der Waals surface area contributed by atoms with E-state index in [-0.39, 0.29) is 28.5 Å². The number of phenolic OH excluding ortho intramolecular Hbond substituents is 1. The molecule has 1 saturated heterocycles. The van der Waals surface area contributed by atoms with E-state index in [1.54, 1.807) is 24.3 Å². The van der Waals surface area contributed by atoms with Gasteiger partial charge in [-0.15, -0.1) is 0 Å². The predicted molar refractivity (Wildman–Crippen MR) is 99.2 cm³/mol. The second-order valence-electron chi connectivity index (χ2n) is 6.74. The Morgan fingerprint density at radius 3 is 2.82 bits per heavy atom. The highest BCUT2D eigenvalue weighted by Gasteiger charge is 2.36. The Balaban J connectivity index is 1.58. The molecule has 9 nitrogen and oxygen atoms in total. The minimum absolute atomic E-state index is 0.0568. The molecule has 3 aromatic rings. The molecule has 1 aliphatic heterocycles. The summed E-state index contributed by atoms with van der Waals surface area (Å²) in [5.41, 5.74) is 1.32. The van der Waals surface area contributed by atoms with Crippen molar-refractivity contribution >= 4 is 5.69 Å². The van der Waals surface area contributed by atoms with Crippen molar-refractivity contribution in [2.24, 2.45) is 0 Å². The molecule has 0 spiro atoms. The van der Waals surface area contributed by atoms with Crippen LogP contribution in [0, 0.1) is 5.21 Å². The summed E-state index contributed by atoms with van der Waals surface area (Å²) in [5, 5.41) is 44.0. The van der Waals surface area contributed by atoms with Crippen molar-refractivity contribution in [1.29, 1.82) is 0 Å². The van der Waals surface area contributed by atoms with Crippen molar-refractivity contribution in [2.75, 3.05) is 11.8 Å². The van der Waals surface area contributed by atoms with E-state index >= 15 is 0 Å². The predicted octanol–water partition coefficient (Wildman–Crippen LogP) is 2.44. The number of aromatic hydroxyl groups is 1. The Labute approximate surface area is 160 Å². The maximum atomic E-state index is 11.1. The number of hydrogen-bond acceptors (Lipinski definition) is 9. The van der Waals surface area contributed by atoms with Crippen molar-refractivity contribution in [2.45, 2.75) is 25.1 Å². The third-order valence-electron chi connectivity index (χ3n) is 4.80. The van der Waals surface area contributed by atoms with Gasteiger partial charge in [0.1, 0.15) is 5.75 Å². The van der Waals surface area contributed by atoms with Crippen LogP contribution in [0.1, 0.15) is 23.9 Å². The van der Waals surface area contributed by atoms with E-state index in [1.807, 2.05) is 17.0 Å². The van der Waals surface area contributed by atoms with Crippen LogP contribution in [-0.2, 0) is 6.54 Å².